The lowest BCUT2D eigenvalue weighted by atomic mass is 10.1. The maximum Gasteiger partial charge on any atom is 0.265 e. The molecule has 1 aromatic carbocycles. The minimum Gasteiger partial charge on any atom is -0.493 e. The molecule has 0 radical (unpaired) electrons. The molecule has 3 rings (SSSR count). The lowest BCUT2D eigenvalue weighted by molar-refractivity contribution is 0.0954. The molecule has 0 unspecified atom stereocenters. The van der Waals surface area contributed by atoms with Crippen LogP contribution in [0, 0.1) is 6.92 Å². The molecule has 8 heteroatoms. The fourth-order valence-corrected chi connectivity index (χ4v) is 2.91. The number of fused-ring (bicyclic) bond motifs is 1. The molecule has 8 nitrogen and oxygen atoms in total. The molecular formula is C19H21N3O5. The van der Waals surface area contributed by atoms with Crippen molar-refractivity contribution in [2.75, 3.05) is 20.8 Å². The number of rotatable bonds is 6. The van der Waals surface area contributed by atoms with E-state index in [0.29, 0.717) is 30.2 Å². The van der Waals surface area contributed by atoms with Gasteiger partial charge in [-0.2, -0.15) is 0 Å². The summed E-state index contributed by atoms with van der Waals surface area (Å²) in [6, 6.07) is 5.59. The predicted molar refractivity (Wildman–Crippen MR) is 99.6 cm³/mol. The molecule has 0 aliphatic rings. The van der Waals surface area contributed by atoms with Gasteiger partial charge in [0.15, 0.2) is 11.5 Å². The van der Waals surface area contributed by atoms with Gasteiger partial charge in [-0.15, -0.1) is 0 Å². The van der Waals surface area contributed by atoms with Gasteiger partial charge < -0.3 is 23.8 Å². The first-order valence-electron chi connectivity index (χ1n) is 8.40. The van der Waals surface area contributed by atoms with Gasteiger partial charge in [-0.25, -0.2) is 4.98 Å². The van der Waals surface area contributed by atoms with Gasteiger partial charge in [-0.3, -0.25) is 9.59 Å². The monoisotopic (exact) mass is 371 g/mol. The molecule has 27 heavy (non-hydrogen) atoms. The van der Waals surface area contributed by atoms with E-state index in [1.54, 1.807) is 28.2 Å². The van der Waals surface area contributed by atoms with E-state index in [9.17, 15) is 9.59 Å². The highest BCUT2D eigenvalue weighted by molar-refractivity contribution is 6.06. The summed E-state index contributed by atoms with van der Waals surface area (Å²) >= 11 is 0. The molecule has 0 spiro atoms. The highest BCUT2D eigenvalue weighted by Gasteiger charge is 2.22. The van der Waals surface area contributed by atoms with Crippen molar-refractivity contribution < 1.29 is 18.7 Å². The van der Waals surface area contributed by atoms with E-state index in [2.05, 4.69) is 10.3 Å². The van der Waals surface area contributed by atoms with Crippen molar-refractivity contribution in [1.29, 1.82) is 0 Å². The predicted octanol–water partition coefficient (Wildman–Crippen LogP) is 1.82. The molecule has 2 aromatic heterocycles. The number of ether oxygens (including phenoxy) is 2. The Labute approximate surface area is 155 Å². The number of benzene rings is 1. The largest absolute Gasteiger partial charge is 0.493 e. The van der Waals surface area contributed by atoms with Gasteiger partial charge >= 0.3 is 0 Å². The normalized spacial score (nSPS) is 10.8. The molecule has 2 heterocycles. The minimum atomic E-state index is -0.364. The second-order valence-corrected chi connectivity index (χ2v) is 6.07. The number of carbonyl (C=O) groups is 1. The molecule has 0 aliphatic heterocycles. The lowest BCUT2D eigenvalue weighted by Crippen LogP contribution is -2.28. The van der Waals surface area contributed by atoms with E-state index in [1.165, 1.54) is 10.9 Å². The number of furan rings is 1. The Morgan fingerprint density at radius 3 is 2.70 bits per heavy atom. The third kappa shape index (κ3) is 3.51. The zero-order valence-corrected chi connectivity index (χ0v) is 15.7. The second-order valence-electron chi connectivity index (χ2n) is 6.07. The highest BCUT2D eigenvalue weighted by Crippen LogP contribution is 2.27. The van der Waals surface area contributed by atoms with Crippen LogP contribution < -0.4 is 20.3 Å². The number of hydrogen-bond donors (Lipinski definition) is 1. The van der Waals surface area contributed by atoms with Gasteiger partial charge in [-0.05, 0) is 31.0 Å². The summed E-state index contributed by atoms with van der Waals surface area (Å²) in [5.74, 6) is 1.28. The highest BCUT2D eigenvalue weighted by atomic mass is 16.5. The van der Waals surface area contributed by atoms with Crippen molar-refractivity contribution in [2.45, 2.75) is 13.3 Å². The van der Waals surface area contributed by atoms with Crippen molar-refractivity contribution in [2.24, 2.45) is 7.05 Å². The Morgan fingerprint density at radius 2 is 2.00 bits per heavy atom. The van der Waals surface area contributed by atoms with Crippen LogP contribution in [0.3, 0.4) is 0 Å². The van der Waals surface area contributed by atoms with Crippen LogP contribution in [-0.4, -0.2) is 36.2 Å². The van der Waals surface area contributed by atoms with Crippen LogP contribution in [0.2, 0.25) is 0 Å². The van der Waals surface area contributed by atoms with Gasteiger partial charge in [0.2, 0.25) is 5.71 Å². The van der Waals surface area contributed by atoms with Gasteiger partial charge in [0.1, 0.15) is 17.5 Å². The molecule has 0 saturated carbocycles. The van der Waals surface area contributed by atoms with Crippen molar-refractivity contribution in [3.8, 4) is 11.5 Å². The Kier molecular flexibility index (Phi) is 5.16. The summed E-state index contributed by atoms with van der Waals surface area (Å²) in [6.07, 6.45) is 1.96. The van der Waals surface area contributed by atoms with Crippen molar-refractivity contribution in [3.63, 3.8) is 0 Å². The van der Waals surface area contributed by atoms with Crippen molar-refractivity contribution >= 4 is 17.0 Å². The van der Waals surface area contributed by atoms with Crippen LogP contribution in [0.15, 0.2) is 33.7 Å². The summed E-state index contributed by atoms with van der Waals surface area (Å²) in [5, 5.41) is 3.03. The first kappa shape index (κ1) is 18.5. The summed E-state index contributed by atoms with van der Waals surface area (Å²) in [7, 11) is 4.73. The van der Waals surface area contributed by atoms with E-state index in [1.807, 2.05) is 18.2 Å². The molecule has 0 atom stereocenters. The topological polar surface area (TPSA) is 95.6 Å². The quantitative estimate of drug-likeness (QED) is 0.710. The summed E-state index contributed by atoms with van der Waals surface area (Å²) in [6.45, 7) is 2.03. The third-order valence-corrected chi connectivity index (χ3v) is 4.32. The molecular weight excluding hydrogens is 350 g/mol. The summed E-state index contributed by atoms with van der Waals surface area (Å²) < 4.78 is 17.3. The standard InChI is InChI=1S/C19H21N3O5/c1-11-15(16-18(27-11)21-10-22(2)19(16)24)17(23)20-8-7-12-5-6-13(25-3)14(9-12)26-4/h5-6,9-10H,7-8H2,1-4H3,(H,20,23). The van der Waals surface area contributed by atoms with Crippen molar-refractivity contribution in [1.82, 2.24) is 14.9 Å². The Balaban J connectivity index is 1.76. The van der Waals surface area contributed by atoms with E-state index < -0.39 is 0 Å². The lowest BCUT2D eigenvalue weighted by Gasteiger charge is -2.10. The van der Waals surface area contributed by atoms with Gasteiger partial charge in [0.25, 0.3) is 11.5 Å². The first-order chi connectivity index (χ1) is 13.0. The number of nitrogens with zero attached hydrogens (tertiary/aromatic N) is 2. The Bertz CT molecular complexity index is 1050. The van der Waals surface area contributed by atoms with Crippen LogP contribution in [0.25, 0.3) is 11.1 Å². The molecule has 142 valence electrons. The molecule has 0 saturated heterocycles. The zero-order valence-electron chi connectivity index (χ0n) is 15.7. The average Bonchev–Trinajstić information content (AvgIpc) is 3.01. The molecule has 3 aromatic rings. The Hall–Kier alpha value is -3.29. The number of methoxy groups -OCH3 is 2. The van der Waals surface area contributed by atoms with Gasteiger partial charge in [0.05, 0.1) is 19.8 Å². The van der Waals surface area contributed by atoms with Crippen LogP contribution in [0.5, 0.6) is 11.5 Å². The molecule has 1 amide bonds. The van der Waals surface area contributed by atoms with Crippen LogP contribution in [0.1, 0.15) is 21.7 Å². The third-order valence-electron chi connectivity index (χ3n) is 4.32. The zero-order chi connectivity index (χ0) is 19.6. The van der Waals surface area contributed by atoms with Crippen LogP contribution in [0.4, 0.5) is 0 Å². The average molecular weight is 371 g/mol. The number of hydrogen-bond acceptors (Lipinski definition) is 6. The number of carbonyl (C=O) groups excluding carboxylic acids is 1. The Morgan fingerprint density at radius 1 is 1.26 bits per heavy atom. The molecule has 0 fully saturated rings. The fraction of sp³-hybridized carbons (Fsp3) is 0.316. The van der Waals surface area contributed by atoms with Gasteiger partial charge in [-0.1, -0.05) is 6.07 Å². The van der Waals surface area contributed by atoms with Crippen molar-refractivity contribution in [3.05, 3.63) is 51.8 Å². The number of aromatic nitrogens is 2. The van der Waals surface area contributed by atoms with E-state index >= 15 is 0 Å². The maximum atomic E-state index is 12.6. The van der Waals surface area contributed by atoms with Crippen LogP contribution in [-0.2, 0) is 13.5 Å². The fourth-order valence-electron chi connectivity index (χ4n) is 2.91. The molecule has 0 bridgehead atoms. The molecule has 0 aliphatic carbocycles. The SMILES string of the molecule is COc1ccc(CCNC(=O)c2c(C)oc3ncn(C)c(=O)c23)cc1OC. The van der Waals surface area contributed by atoms with Crippen LogP contribution >= 0.6 is 0 Å². The van der Waals surface area contributed by atoms with Gasteiger partial charge in [0, 0.05) is 13.6 Å². The number of nitrogens with one attached hydrogen (secondary N) is 1. The summed E-state index contributed by atoms with van der Waals surface area (Å²) in [5.41, 5.74) is 1.06. The number of amides is 1. The maximum absolute atomic E-state index is 12.6. The first-order valence-corrected chi connectivity index (χ1v) is 8.40. The molecule has 1 N–H and O–H groups in total. The minimum absolute atomic E-state index is 0.167. The number of aryl methyl sites for hydroxylation is 2. The second kappa shape index (κ2) is 7.53. The smallest absolute Gasteiger partial charge is 0.265 e. The van der Waals surface area contributed by atoms with E-state index in [-0.39, 0.29) is 28.1 Å². The van der Waals surface area contributed by atoms with E-state index in [0.717, 1.165) is 5.56 Å². The van der Waals surface area contributed by atoms with E-state index in [4.69, 9.17) is 13.9 Å². The summed E-state index contributed by atoms with van der Waals surface area (Å²) in [4.78, 5) is 29.0.